The van der Waals surface area contributed by atoms with E-state index in [1.807, 2.05) is 31.2 Å². The van der Waals surface area contributed by atoms with Crippen LogP contribution in [-0.2, 0) is 4.79 Å². The number of amides is 1. The van der Waals surface area contributed by atoms with Crippen molar-refractivity contribution in [2.24, 2.45) is 0 Å². The van der Waals surface area contributed by atoms with E-state index in [4.69, 9.17) is 17.0 Å². The Morgan fingerprint density at radius 3 is 2.67 bits per heavy atom. The molecule has 24 heavy (non-hydrogen) atoms. The number of aryl methyl sites for hydroxylation is 1. The predicted molar refractivity (Wildman–Crippen MR) is 101 cm³/mol. The van der Waals surface area contributed by atoms with Crippen molar-refractivity contribution in [1.82, 2.24) is 0 Å². The van der Waals surface area contributed by atoms with Gasteiger partial charge in [-0.15, -0.1) is 0 Å². The minimum absolute atomic E-state index is 0.00107. The molecule has 2 aromatic rings. The molecule has 1 saturated heterocycles. The van der Waals surface area contributed by atoms with Crippen molar-refractivity contribution in [3.63, 3.8) is 0 Å². The van der Waals surface area contributed by atoms with Crippen molar-refractivity contribution in [2.75, 3.05) is 12.0 Å². The number of phenols is 1. The Bertz CT molecular complexity index is 861. The van der Waals surface area contributed by atoms with E-state index in [1.54, 1.807) is 24.3 Å². The van der Waals surface area contributed by atoms with Crippen LogP contribution < -0.4 is 9.64 Å². The van der Waals surface area contributed by atoms with Crippen LogP contribution in [0.1, 0.15) is 11.1 Å². The van der Waals surface area contributed by atoms with Crippen molar-refractivity contribution < 1.29 is 14.6 Å². The van der Waals surface area contributed by atoms with Crippen molar-refractivity contribution in [3.05, 3.63) is 58.5 Å². The van der Waals surface area contributed by atoms with E-state index < -0.39 is 0 Å². The fourth-order valence-electron chi connectivity index (χ4n) is 2.45. The maximum atomic E-state index is 12.8. The van der Waals surface area contributed by atoms with E-state index in [0.717, 1.165) is 11.3 Å². The Morgan fingerprint density at radius 2 is 1.96 bits per heavy atom. The molecular formula is C18H15NO3S2. The molecule has 0 atom stereocenters. The molecule has 0 radical (unpaired) electrons. The molecule has 4 nitrogen and oxygen atoms in total. The van der Waals surface area contributed by atoms with Crippen molar-refractivity contribution in [1.29, 1.82) is 0 Å². The van der Waals surface area contributed by atoms with Crippen LogP contribution in [0.2, 0.25) is 0 Å². The van der Waals surface area contributed by atoms with Gasteiger partial charge in [-0.25, -0.2) is 0 Å². The van der Waals surface area contributed by atoms with Crippen LogP contribution in [0.5, 0.6) is 11.5 Å². The van der Waals surface area contributed by atoms with E-state index in [1.165, 1.54) is 23.8 Å². The van der Waals surface area contributed by atoms with Crippen LogP contribution in [0.3, 0.4) is 0 Å². The number of methoxy groups -OCH3 is 1. The Kier molecular flexibility index (Phi) is 4.59. The molecule has 0 unspecified atom stereocenters. The van der Waals surface area contributed by atoms with Crippen molar-refractivity contribution in [3.8, 4) is 11.5 Å². The van der Waals surface area contributed by atoms with E-state index in [-0.39, 0.29) is 11.7 Å². The molecule has 6 heteroatoms. The maximum Gasteiger partial charge on any atom is 0.270 e. The largest absolute Gasteiger partial charge is 0.504 e. The molecule has 0 spiro atoms. The number of benzene rings is 2. The van der Waals surface area contributed by atoms with Gasteiger partial charge in [-0.2, -0.15) is 0 Å². The monoisotopic (exact) mass is 357 g/mol. The normalized spacial score (nSPS) is 16.1. The molecule has 1 aliphatic heterocycles. The number of rotatable bonds is 3. The summed E-state index contributed by atoms with van der Waals surface area (Å²) in [5, 5.41) is 10.2. The van der Waals surface area contributed by atoms with Gasteiger partial charge in [0.25, 0.3) is 5.91 Å². The zero-order valence-electron chi connectivity index (χ0n) is 13.1. The number of phenolic OH excluding ortho intramolecular Hbond substituents is 1. The summed E-state index contributed by atoms with van der Waals surface area (Å²) in [5.41, 5.74) is 2.26. The van der Waals surface area contributed by atoms with Gasteiger partial charge in [0.1, 0.15) is 0 Å². The lowest BCUT2D eigenvalue weighted by Crippen LogP contribution is -2.28. The summed E-state index contributed by atoms with van der Waals surface area (Å²) < 4.78 is 5.57. The van der Waals surface area contributed by atoms with E-state index >= 15 is 0 Å². The first-order valence-corrected chi connectivity index (χ1v) is 8.45. The molecule has 0 aliphatic carbocycles. The molecule has 1 aliphatic rings. The van der Waals surface area contributed by atoms with Gasteiger partial charge >= 0.3 is 0 Å². The highest BCUT2D eigenvalue weighted by molar-refractivity contribution is 8.27. The molecule has 1 amide bonds. The Labute approximate surface area is 149 Å². The molecule has 0 bridgehead atoms. The number of anilines is 1. The Morgan fingerprint density at radius 1 is 1.21 bits per heavy atom. The summed E-state index contributed by atoms with van der Waals surface area (Å²) in [7, 11) is 1.48. The fourth-order valence-corrected chi connectivity index (χ4v) is 3.73. The Hall–Kier alpha value is -2.31. The molecule has 2 aromatic carbocycles. The first-order valence-electron chi connectivity index (χ1n) is 7.22. The summed E-state index contributed by atoms with van der Waals surface area (Å²) >= 11 is 6.59. The van der Waals surface area contributed by atoms with Crippen LogP contribution in [-0.4, -0.2) is 22.4 Å². The van der Waals surface area contributed by atoms with Crippen LogP contribution >= 0.6 is 24.0 Å². The molecule has 122 valence electrons. The summed E-state index contributed by atoms with van der Waals surface area (Å²) in [5.74, 6) is 0.167. The quantitative estimate of drug-likeness (QED) is 0.662. The summed E-state index contributed by atoms with van der Waals surface area (Å²) in [6, 6.07) is 12.7. The highest BCUT2D eigenvalue weighted by Crippen LogP contribution is 2.39. The van der Waals surface area contributed by atoms with Gasteiger partial charge in [0.2, 0.25) is 0 Å². The van der Waals surface area contributed by atoms with Crippen LogP contribution in [0.4, 0.5) is 5.69 Å². The third-order valence-electron chi connectivity index (χ3n) is 3.69. The number of thiocarbonyl (C=S) groups is 1. The average Bonchev–Trinajstić information content (AvgIpc) is 2.84. The molecule has 0 aromatic heterocycles. The highest BCUT2D eigenvalue weighted by atomic mass is 32.2. The van der Waals surface area contributed by atoms with Gasteiger partial charge < -0.3 is 9.84 Å². The molecular weight excluding hydrogens is 342 g/mol. The fraction of sp³-hybridized carbons (Fsp3) is 0.111. The minimum Gasteiger partial charge on any atom is -0.504 e. The number of hydrogen-bond donors (Lipinski definition) is 1. The third-order valence-corrected chi connectivity index (χ3v) is 4.99. The summed E-state index contributed by atoms with van der Waals surface area (Å²) in [4.78, 5) is 14.8. The van der Waals surface area contributed by atoms with Gasteiger partial charge in [0.05, 0.1) is 17.7 Å². The third kappa shape index (κ3) is 2.90. The number of ether oxygens (including phenoxy) is 1. The summed E-state index contributed by atoms with van der Waals surface area (Å²) in [6.45, 7) is 1.94. The number of aromatic hydroxyl groups is 1. The topological polar surface area (TPSA) is 49.8 Å². The second-order valence-corrected chi connectivity index (χ2v) is 6.88. The van der Waals surface area contributed by atoms with Crippen LogP contribution in [0, 0.1) is 6.92 Å². The van der Waals surface area contributed by atoms with Gasteiger partial charge in [0, 0.05) is 5.56 Å². The van der Waals surface area contributed by atoms with Crippen molar-refractivity contribution in [2.45, 2.75) is 6.92 Å². The SMILES string of the molecule is COc1cccc(/C=C2\SC(=S)N(c3ccccc3C)C2=O)c1O. The number of para-hydroxylation sites is 2. The van der Waals surface area contributed by atoms with Gasteiger partial charge in [0.15, 0.2) is 15.8 Å². The second-order valence-electron chi connectivity index (χ2n) is 5.20. The first-order chi connectivity index (χ1) is 11.5. The van der Waals surface area contributed by atoms with E-state index in [0.29, 0.717) is 20.5 Å². The lowest BCUT2D eigenvalue weighted by atomic mass is 10.1. The van der Waals surface area contributed by atoms with E-state index in [2.05, 4.69) is 0 Å². The lowest BCUT2D eigenvalue weighted by Gasteiger charge is -2.16. The summed E-state index contributed by atoms with van der Waals surface area (Å²) in [6.07, 6.45) is 1.63. The molecule has 1 fully saturated rings. The zero-order chi connectivity index (χ0) is 17.3. The van der Waals surface area contributed by atoms with Gasteiger partial charge in [-0.1, -0.05) is 54.3 Å². The molecule has 3 rings (SSSR count). The number of carbonyl (C=O) groups is 1. The Balaban J connectivity index is 1.99. The average molecular weight is 357 g/mol. The second kappa shape index (κ2) is 6.67. The lowest BCUT2D eigenvalue weighted by molar-refractivity contribution is -0.113. The van der Waals surface area contributed by atoms with E-state index in [9.17, 15) is 9.90 Å². The van der Waals surface area contributed by atoms with Gasteiger partial charge in [-0.3, -0.25) is 9.69 Å². The van der Waals surface area contributed by atoms with Gasteiger partial charge in [-0.05, 0) is 30.7 Å². The standard InChI is InChI=1S/C18H15NO3S2/c1-11-6-3-4-8-13(11)19-17(21)15(24-18(19)23)10-12-7-5-9-14(22-2)16(12)20/h3-10,20H,1-2H3/b15-10-. The highest BCUT2D eigenvalue weighted by Gasteiger charge is 2.34. The molecule has 0 saturated carbocycles. The van der Waals surface area contributed by atoms with Crippen LogP contribution in [0.15, 0.2) is 47.4 Å². The molecule has 1 heterocycles. The number of nitrogens with zero attached hydrogens (tertiary/aromatic N) is 1. The first kappa shape index (κ1) is 16.5. The zero-order valence-corrected chi connectivity index (χ0v) is 14.8. The number of carbonyl (C=O) groups excluding carboxylic acids is 1. The maximum absolute atomic E-state index is 12.8. The van der Waals surface area contributed by atoms with Crippen LogP contribution in [0.25, 0.3) is 6.08 Å². The predicted octanol–water partition coefficient (Wildman–Crippen LogP) is 4.12. The minimum atomic E-state index is -0.193. The van der Waals surface area contributed by atoms with Crippen molar-refractivity contribution >= 4 is 46.0 Å². The number of hydrogen-bond acceptors (Lipinski definition) is 5. The smallest absolute Gasteiger partial charge is 0.270 e. The number of thioether (sulfide) groups is 1. The molecule has 1 N–H and O–H groups in total.